The van der Waals surface area contributed by atoms with E-state index in [2.05, 4.69) is 20.3 Å². The third-order valence-corrected chi connectivity index (χ3v) is 3.95. The Morgan fingerprint density at radius 1 is 1.11 bits per heavy atom. The van der Waals surface area contributed by atoms with E-state index in [1.807, 2.05) is 0 Å². The summed E-state index contributed by atoms with van der Waals surface area (Å²) < 4.78 is 25.5. The first kappa shape index (κ1) is 17.5. The highest BCUT2D eigenvalue weighted by Gasteiger charge is 2.20. The van der Waals surface area contributed by atoms with Gasteiger partial charge in [0, 0.05) is 5.56 Å². The number of esters is 1. The lowest BCUT2D eigenvalue weighted by Crippen LogP contribution is -2.09. The summed E-state index contributed by atoms with van der Waals surface area (Å²) in [5.74, 6) is -0.526. The lowest BCUT2D eigenvalue weighted by molar-refractivity contribution is 0.0280. The van der Waals surface area contributed by atoms with Gasteiger partial charge in [-0.2, -0.15) is 5.10 Å². The molecule has 0 amide bonds. The van der Waals surface area contributed by atoms with E-state index < -0.39 is 12.1 Å². The molecule has 4 rings (SSSR count). The van der Waals surface area contributed by atoms with E-state index in [9.17, 15) is 9.18 Å². The summed E-state index contributed by atoms with van der Waals surface area (Å²) >= 11 is 0. The van der Waals surface area contributed by atoms with Crippen molar-refractivity contribution in [2.45, 2.75) is 13.0 Å². The molecule has 0 radical (unpaired) electrons. The zero-order chi connectivity index (χ0) is 19.5. The number of benzene rings is 2. The van der Waals surface area contributed by atoms with Crippen molar-refractivity contribution in [3.05, 3.63) is 78.5 Å². The topological polar surface area (TPSA) is 95.9 Å². The number of aromatic nitrogens is 5. The SMILES string of the molecule is C[C@@H](OC(=O)c1ccc(-n2cncn2)cc1)c1nnc(-c2ccc(F)cc2)o1. The van der Waals surface area contributed by atoms with Gasteiger partial charge in [-0.25, -0.2) is 18.9 Å². The van der Waals surface area contributed by atoms with Crippen LogP contribution in [0.2, 0.25) is 0 Å². The average Bonchev–Trinajstić information content (AvgIpc) is 3.41. The fourth-order valence-corrected chi connectivity index (χ4v) is 2.48. The van der Waals surface area contributed by atoms with Crippen LogP contribution in [0.5, 0.6) is 0 Å². The van der Waals surface area contributed by atoms with Crippen LogP contribution in [0, 0.1) is 5.82 Å². The maximum absolute atomic E-state index is 13.0. The molecule has 0 saturated carbocycles. The molecule has 0 spiro atoms. The zero-order valence-corrected chi connectivity index (χ0v) is 14.7. The van der Waals surface area contributed by atoms with Crippen LogP contribution in [0.1, 0.15) is 29.3 Å². The lowest BCUT2D eigenvalue weighted by Gasteiger charge is -2.09. The molecule has 0 aliphatic heterocycles. The van der Waals surface area contributed by atoms with Gasteiger partial charge >= 0.3 is 5.97 Å². The number of hydrogen-bond donors (Lipinski definition) is 0. The third-order valence-electron chi connectivity index (χ3n) is 3.95. The van der Waals surface area contributed by atoms with Crippen molar-refractivity contribution in [3.8, 4) is 17.1 Å². The predicted octanol–water partition coefficient (Wildman–Crippen LogP) is 3.37. The fourth-order valence-electron chi connectivity index (χ4n) is 2.48. The van der Waals surface area contributed by atoms with Crippen LogP contribution in [0.4, 0.5) is 4.39 Å². The molecule has 9 heteroatoms. The number of carbonyl (C=O) groups is 1. The van der Waals surface area contributed by atoms with Crippen LogP contribution >= 0.6 is 0 Å². The quantitative estimate of drug-likeness (QED) is 0.491. The molecule has 1 atom stereocenters. The number of nitrogens with zero attached hydrogens (tertiary/aromatic N) is 5. The minimum absolute atomic E-state index is 0.145. The van der Waals surface area contributed by atoms with Crippen LogP contribution in [0.15, 0.2) is 65.6 Å². The fraction of sp³-hybridized carbons (Fsp3) is 0.105. The van der Waals surface area contributed by atoms with E-state index >= 15 is 0 Å². The molecule has 0 aliphatic rings. The number of hydrogen-bond acceptors (Lipinski definition) is 7. The smallest absolute Gasteiger partial charge is 0.338 e. The van der Waals surface area contributed by atoms with Gasteiger partial charge in [0.1, 0.15) is 18.5 Å². The summed E-state index contributed by atoms with van der Waals surface area (Å²) in [6, 6.07) is 12.4. The van der Waals surface area contributed by atoms with Crippen molar-refractivity contribution >= 4 is 5.97 Å². The second-order valence-corrected chi connectivity index (χ2v) is 5.89. The second kappa shape index (κ2) is 7.39. The van der Waals surface area contributed by atoms with E-state index in [-0.39, 0.29) is 17.6 Å². The van der Waals surface area contributed by atoms with Crippen molar-refractivity contribution in [1.29, 1.82) is 0 Å². The molecule has 0 aliphatic carbocycles. The highest BCUT2D eigenvalue weighted by molar-refractivity contribution is 5.89. The maximum atomic E-state index is 13.0. The first-order valence-electron chi connectivity index (χ1n) is 8.35. The van der Waals surface area contributed by atoms with Crippen molar-refractivity contribution < 1.29 is 18.3 Å². The lowest BCUT2D eigenvalue weighted by atomic mass is 10.2. The molecule has 2 heterocycles. The Morgan fingerprint density at radius 2 is 1.86 bits per heavy atom. The monoisotopic (exact) mass is 379 g/mol. The van der Waals surface area contributed by atoms with E-state index in [0.29, 0.717) is 11.1 Å². The third kappa shape index (κ3) is 3.63. The Hall–Kier alpha value is -3.88. The molecule has 4 aromatic rings. The maximum Gasteiger partial charge on any atom is 0.338 e. The highest BCUT2D eigenvalue weighted by atomic mass is 19.1. The van der Waals surface area contributed by atoms with E-state index in [4.69, 9.17) is 9.15 Å². The normalized spacial score (nSPS) is 11.9. The minimum atomic E-state index is -0.746. The number of halogens is 1. The highest BCUT2D eigenvalue weighted by Crippen LogP contribution is 2.23. The van der Waals surface area contributed by atoms with Crippen molar-refractivity contribution in [3.63, 3.8) is 0 Å². The van der Waals surface area contributed by atoms with Gasteiger partial charge in [0.25, 0.3) is 5.89 Å². The Labute approximate surface area is 158 Å². The van der Waals surface area contributed by atoms with Crippen LogP contribution < -0.4 is 0 Å². The molecule has 140 valence electrons. The Balaban J connectivity index is 1.44. The largest absolute Gasteiger partial charge is 0.449 e. The summed E-state index contributed by atoms with van der Waals surface area (Å²) in [6.45, 7) is 1.63. The molecule has 8 nitrogen and oxygen atoms in total. The average molecular weight is 379 g/mol. The van der Waals surface area contributed by atoms with Crippen molar-refractivity contribution in [1.82, 2.24) is 25.0 Å². The van der Waals surface area contributed by atoms with E-state index in [0.717, 1.165) is 5.69 Å². The van der Waals surface area contributed by atoms with Gasteiger partial charge in [0.05, 0.1) is 11.3 Å². The van der Waals surface area contributed by atoms with Gasteiger partial charge < -0.3 is 9.15 Å². The van der Waals surface area contributed by atoms with Gasteiger partial charge in [-0.1, -0.05) is 0 Å². The van der Waals surface area contributed by atoms with Gasteiger partial charge in [-0.3, -0.25) is 0 Å². The summed E-state index contributed by atoms with van der Waals surface area (Å²) in [5.41, 5.74) is 1.71. The number of rotatable bonds is 5. The first-order chi connectivity index (χ1) is 13.6. The van der Waals surface area contributed by atoms with Crippen LogP contribution in [0.3, 0.4) is 0 Å². The molecule has 0 fully saturated rings. The molecule has 0 bridgehead atoms. The number of ether oxygens (including phenoxy) is 1. The minimum Gasteiger partial charge on any atom is -0.449 e. The van der Waals surface area contributed by atoms with Gasteiger partial charge in [-0.05, 0) is 55.5 Å². The molecule has 0 N–H and O–H groups in total. The predicted molar refractivity (Wildman–Crippen MR) is 94.9 cm³/mol. The molecule has 28 heavy (non-hydrogen) atoms. The van der Waals surface area contributed by atoms with Crippen LogP contribution in [-0.4, -0.2) is 30.9 Å². The molecule has 0 unspecified atom stereocenters. The number of carbonyl (C=O) groups excluding carboxylic acids is 1. The van der Waals surface area contributed by atoms with Gasteiger partial charge in [-0.15, -0.1) is 10.2 Å². The summed E-state index contributed by atoms with van der Waals surface area (Å²) in [5, 5.41) is 11.8. The molecular weight excluding hydrogens is 365 g/mol. The van der Waals surface area contributed by atoms with Crippen LogP contribution in [0.25, 0.3) is 17.1 Å². The first-order valence-corrected chi connectivity index (χ1v) is 8.35. The Kier molecular flexibility index (Phi) is 4.63. The summed E-state index contributed by atoms with van der Waals surface area (Å²) in [4.78, 5) is 16.2. The van der Waals surface area contributed by atoms with Crippen LogP contribution in [-0.2, 0) is 4.74 Å². The Bertz CT molecular complexity index is 1080. The summed E-state index contributed by atoms with van der Waals surface area (Å²) in [6.07, 6.45) is 2.24. The van der Waals surface area contributed by atoms with Crippen molar-refractivity contribution in [2.75, 3.05) is 0 Å². The zero-order valence-electron chi connectivity index (χ0n) is 14.7. The van der Waals surface area contributed by atoms with E-state index in [1.54, 1.807) is 42.2 Å². The summed E-state index contributed by atoms with van der Waals surface area (Å²) in [7, 11) is 0. The second-order valence-electron chi connectivity index (χ2n) is 5.89. The van der Waals surface area contributed by atoms with Crippen molar-refractivity contribution in [2.24, 2.45) is 0 Å². The standard InChI is InChI=1S/C19H14FN5O3/c1-12(17-23-24-18(28-17)13-2-6-15(20)7-3-13)27-19(26)14-4-8-16(9-5-14)25-11-21-10-22-25/h2-12H,1H3/t12-/m1/s1. The molecule has 2 aromatic heterocycles. The molecule has 2 aromatic carbocycles. The molecule has 0 saturated heterocycles. The van der Waals surface area contributed by atoms with Gasteiger partial charge in [0.2, 0.25) is 5.89 Å². The Morgan fingerprint density at radius 3 is 2.54 bits per heavy atom. The van der Waals surface area contributed by atoms with Gasteiger partial charge in [0.15, 0.2) is 6.10 Å². The molecular formula is C19H14FN5O3. The van der Waals surface area contributed by atoms with E-state index in [1.165, 1.54) is 30.6 Å².